The molecule has 6 nitrogen and oxygen atoms in total. The molecule has 0 rings (SSSR count). The lowest BCUT2D eigenvalue weighted by Crippen LogP contribution is -2.47. The van der Waals surface area contributed by atoms with E-state index in [1.165, 1.54) is 0 Å². The largest absolute Gasteiger partial charge is 0.409 e. The lowest BCUT2D eigenvalue weighted by atomic mass is 9.90. The molecule has 6 heteroatoms. The summed E-state index contributed by atoms with van der Waals surface area (Å²) in [6.07, 6.45) is 0.890. The first-order valence-corrected chi connectivity index (χ1v) is 5.61. The standard InChI is InChI=1S/C11H24N4O2/c1-11(2,9(12)13-17)10(16)15(5)8-6-7-14(3)4/h17H,6-8H2,1-5H3,(H2,12,13). The van der Waals surface area contributed by atoms with E-state index >= 15 is 0 Å². The van der Waals surface area contributed by atoms with Crippen molar-refractivity contribution in [2.45, 2.75) is 20.3 Å². The number of rotatable bonds is 6. The van der Waals surface area contributed by atoms with Gasteiger partial charge in [0.1, 0.15) is 5.41 Å². The third-order valence-corrected chi connectivity index (χ3v) is 2.73. The Labute approximate surface area is 103 Å². The lowest BCUT2D eigenvalue weighted by molar-refractivity contribution is -0.135. The molecular weight excluding hydrogens is 220 g/mol. The molecule has 3 N–H and O–H groups in total. The van der Waals surface area contributed by atoms with Crippen molar-refractivity contribution >= 4 is 11.7 Å². The third-order valence-electron chi connectivity index (χ3n) is 2.73. The van der Waals surface area contributed by atoms with Crippen molar-refractivity contribution in [1.29, 1.82) is 0 Å². The van der Waals surface area contributed by atoms with Gasteiger partial charge in [-0.1, -0.05) is 5.16 Å². The van der Waals surface area contributed by atoms with Gasteiger partial charge in [0.15, 0.2) is 5.84 Å². The summed E-state index contributed by atoms with van der Waals surface area (Å²) in [6, 6.07) is 0. The van der Waals surface area contributed by atoms with Crippen molar-refractivity contribution in [3.63, 3.8) is 0 Å². The molecular formula is C11H24N4O2. The van der Waals surface area contributed by atoms with E-state index in [9.17, 15) is 4.79 Å². The van der Waals surface area contributed by atoms with Gasteiger partial charge in [-0.3, -0.25) is 4.79 Å². The molecule has 17 heavy (non-hydrogen) atoms. The Kier molecular flexibility index (Phi) is 5.95. The Morgan fingerprint density at radius 1 is 1.29 bits per heavy atom. The van der Waals surface area contributed by atoms with E-state index < -0.39 is 5.41 Å². The van der Waals surface area contributed by atoms with Crippen LogP contribution in [0.4, 0.5) is 0 Å². The van der Waals surface area contributed by atoms with Gasteiger partial charge in [0.25, 0.3) is 0 Å². The van der Waals surface area contributed by atoms with Gasteiger partial charge < -0.3 is 20.7 Å². The van der Waals surface area contributed by atoms with Crippen molar-refractivity contribution < 1.29 is 10.0 Å². The first-order valence-electron chi connectivity index (χ1n) is 5.61. The number of amidine groups is 1. The summed E-state index contributed by atoms with van der Waals surface area (Å²) in [4.78, 5) is 15.8. The van der Waals surface area contributed by atoms with Gasteiger partial charge in [0.05, 0.1) is 0 Å². The zero-order chi connectivity index (χ0) is 13.6. The van der Waals surface area contributed by atoms with Crippen LogP contribution in [0, 0.1) is 5.41 Å². The van der Waals surface area contributed by atoms with Gasteiger partial charge in [-0.15, -0.1) is 0 Å². The second-order valence-electron chi connectivity index (χ2n) is 4.99. The fourth-order valence-corrected chi connectivity index (χ4v) is 1.44. The van der Waals surface area contributed by atoms with E-state index in [2.05, 4.69) is 10.1 Å². The summed E-state index contributed by atoms with van der Waals surface area (Å²) in [7, 11) is 5.70. The molecule has 0 fully saturated rings. The smallest absolute Gasteiger partial charge is 0.235 e. The topological polar surface area (TPSA) is 82.2 Å². The number of carbonyl (C=O) groups excluding carboxylic acids is 1. The van der Waals surface area contributed by atoms with Gasteiger partial charge >= 0.3 is 0 Å². The number of oxime groups is 1. The number of nitrogens with two attached hydrogens (primary N) is 1. The zero-order valence-electron chi connectivity index (χ0n) is 11.4. The maximum atomic E-state index is 12.1. The molecule has 0 bridgehead atoms. The molecule has 0 aliphatic carbocycles. The van der Waals surface area contributed by atoms with Crippen LogP contribution < -0.4 is 5.73 Å². The predicted octanol–water partition coefficient (Wildman–Crippen LogP) is 0.169. The van der Waals surface area contributed by atoms with E-state index in [1.807, 2.05) is 14.1 Å². The molecule has 0 aliphatic heterocycles. The molecule has 0 aromatic rings. The summed E-state index contributed by atoms with van der Waals surface area (Å²) in [5.41, 5.74) is 4.54. The van der Waals surface area contributed by atoms with Crippen LogP contribution in [0.15, 0.2) is 5.16 Å². The van der Waals surface area contributed by atoms with Crippen LogP contribution in [0.25, 0.3) is 0 Å². The fourth-order valence-electron chi connectivity index (χ4n) is 1.44. The van der Waals surface area contributed by atoms with Crippen LogP contribution in [0.1, 0.15) is 20.3 Å². The average molecular weight is 244 g/mol. The molecule has 0 heterocycles. The molecule has 0 unspecified atom stereocenters. The van der Waals surface area contributed by atoms with Crippen LogP contribution in [-0.2, 0) is 4.79 Å². The Balaban J connectivity index is 4.40. The van der Waals surface area contributed by atoms with Crippen molar-refractivity contribution in [2.75, 3.05) is 34.2 Å². The lowest BCUT2D eigenvalue weighted by Gasteiger charge is -2.28. The van der Waals surface area contributed by atoms with Gasteiger partial charge in [-0.05, 0) is 40.9 Å². The van der Waals surface area contributed by atoms with E-state index in [1.54, 1.807) is 25.8 Å². The Hall–Kier alpha value is -1.30. The van der Waals surface area contributed by atoms with Crippen molar-refractivity contribution in [1.82, 2.24) is 9.80 Å². The fraction of sp³-hybridized carbons (Fsp3) is 0.818. The van der Waals surface area contributed by atoms with Crippen LogP contribution in [0.5, 0.6) is 0 Å². The molecule has 1 amide bonds. The van der Waals surface area contributed by atoms with E-state index in [-0.39, 0.29) is 11.7 Å². The number of carbonyl (C=O) groups is 1. The first-order chi connectivity index (χ1) is 7.73. The second kappa shape index (κ2) is 6.44. The summed E-state index contributed by atoms with van der Waals surface area (Å²) >= 11 is 0. The summed E-state index contributed by atoms with van der Waals surface area (Å²) in [5, 5.41) is 11.5. The normalized spacial score (nSPS) is 12.9. The number of nitrogens with zero attached hydrogens (tertiary/aromatic N) is 3. The average Bonchev–Trinajstić information content (AvgIpc) is 2.25. The van der Waals surface area contributed by atoms with Crippen molar-refractivity contribution in [3.8, 4) is 0 Å². The summed E-state index contributed by atoms with van der Waals surface area (Å²) < 4.78 is 0. The molecule has 0 radical (unpaired) electrons. The monoisotopic (exact) mass is 244 g/mol. The summed E-state index contributed by atoms with van der Waals surface area (Å²) in [6.45, 7) is 4.86. The minimum absolute atomic E-state index is 0.0676. The van der Waals surface area contributed by atoms with Gasteiger partial charge in [0.2, 0.25) is 5.91 Å². The van der Waals surface area contributed by atoms with Crippen LogP contribution in [-0.4, -0.2) is 61.0 Å². The van der Waals surface area contributed by atoms with E-state index in [4.69, 9.17) is 10.9 Å². The van der Waals surface area contributed by atoms with Gasteiger partial charge in [-0.25, -0.2) is 0 Å². The highest BCUT2D eigenvalue weighted by molar-refractivity contribution is 6.05. The maximum Gasteiger partial charge on any atom is 0.235 e. The molecule has 0 aromatic heterocycles. The van der Waals surface area contributed by atoms with E-state index in [0.717, 1.165) is 13.0 Å². The van der Waals surface area contributed by atoms with Crippen LogP contribution >= 0.6 is 0 Å². The molecule has 0 atom stereocenters. The highest BCUT2D eigenvalue weighted by atomic mass is 16.4. The Morgan fingerprint density at radius 3 is 2.24 bits per heavy atom. The van der Waals surface area contributed by atoms with Crippen LogP contribution in [0.2, 0.25) is 0 Å². The van der Waals surface area contributed by atoms with Crippen molar-refractivity contribution in [3.05, 3.63) is 0 Å². The highest BCUT2D eigenvalue weighted by Crippen LogP contribution is 2.18. The molecule has 100 valence electrons. The molecule has 0 spiro atoms. The molecule has 0 aliphatic rings. The minimum Gasteiger partial charge on any atom is -0.409 e. The van der Waals surface area contributed by atoms with E-state index in [0.29, 0.717) is 6.54 Å². The maximum absolute atomic E-state index is 12.1. The number of hydrogen-bond acceptors (Lipinski definition) is 4. The number of amides is 1. The Morgan fingerprint density at radius 2 is 1.82 bits per heavy atom. The van der Waals surface area contributed by atoms with Crippen molar-refractivity contribution in [2.24, 2.45) is 16.3 Å². The molecule has 0 aromatic carbocycles. The third kappa shape index (κ3) is 4.60. The molecule has 0 saturated heterocycles. The second-order valence-corrected chi connectivity index (χ2v) is 4.99. The number of hydrogen-bond donors (Lipinski definition) is 2. The van der Waals surface area contributed by atoms with Gasteiger partial charge in [0, 0.05) is 13.6 Å². The summed E-state index contributed by atoms with van der Waals surface area (Å²) in [5.74, 6) is -0.214. The van der Waals surface area contributed by atoms with Gasteiger partial charge in [-0.2, -0.15) is 0 Å². The highest BCUT2D eigenvalue weighted by Gasteiger charge is 2.34. The molecule has 0 saturated carbocycles. The Bertz CT molecular complexity index is 287. The minimum atomic E-state index is -0.971. The quantitative estimate of drug-likeness (QED) is 0.302. The zero-order valence-corrected chi connectivity index (χ0v) is 11.4. The SMILES string of the molecule is CN(C)CCCN(C)C(=O)C(C)(C)C(N)=NO. The predicted molar refractivity (Wildman–Crippen MR) is 68.0 cm³/mol. The first kappa shape index (κ1) is 15.7. The van der Waals surface area contributed by atoms with Crippen LogP contribution in [0.3, 0.4) is 0 Å².